The van der Waals surface area contributed by atoms with E-state index in [1.807, 2.05) is 29.5 Å². The molecule has 0 radical (unpaired) electrons. The van der Waals surface area contributed by atoms with E-state index in [-0.39, 0.29) is 17.6 Å². The molecule has 1 aliphatic rings. The minimum Gasteiger partial charge on any atom is -0.342 e. The Labute approximate surface area is 133 Å². The van der Waals surface area contributed by atoms with Gasteiger partial charge in [-0.1, -0.05) is 18.2 Å². The van der Waals surface area contributed by atoms with E-state index >= 15 is 0 Å². The van der Waals surface area contributed by atoms with Gasteiger partial charge in [-0.05, 0) is 31.4 Å². The molecular formula is C17H19FN2OS. The topological polar surface area (TPSA) is 33.2 Å². The van der Waals surface area contributed by atoms with Crippen LogP contribution in [0.3, 0.4) is 0 Å². The smallest absolute Gasteiger partial charge is 0.222 e. The van der Waals surface area contributed by atoms with Gasteiger partial charge >= 0.3 is 0 Å². The molecule has 1 saturated heterocycles. The fourth-order valence-electron chi connectivity index (χ4n) is 2.99. The maximum atomic E-state index is 13.8. The summed E-state index contributed by atoms with van der Waals surface area (Å²) in [5.41, 5.74) is 3.57. The van der Waals surface area contributed by atoms with E-state index in [9.17, 15) is 9.18 Å². The Morgan fingerprint density at radius 2 is 2.27 bits per heavy atom. The fourth-order valence-corrected chi connectivity index (χ4v) is 3.77. The first-order valence-electron chi connectivity index (χ1n) is 7.56. The van der Waals surface area contributed by atoms with Crippen LogP contribution in [0.25, 0.3) is 0 Å². The Morgan fingerprint density at radius 1 is 1.45 bits per heavy atom. The van der Waals surface area contributed by atoms with E-state index in [0.717, 1.165) is 30.6 Å². The standard InChI is InChI=1S/C17H19FN2OS/c1-12-16(22-11-19-12)6-7-17(21)20-9-8-13(10-20)14-4-2-3-5-15(14)18/h2-5,11,13H,6-10H2,1H3/t13-/m1/s1. The summed E-state index contributed by atoms with van der Waals surface area (Å²) in [4.78, 5) is 19.6. The van der Waals surface area contributed by atoms with E-state index < -0.39 is 0 Å². The highest BCUT2D eigenvalue weighted by Crippen LogP contribution is 2.29. The summed E-state index contributed by atoms with van der Waals surface area (Å²) in [5, 5.41) is 0. The van der Waals surface area contributed by atoms with Gasteiger partial charge in [0.15, 0.2) is 0 Å². The second-order valence-electron chi connectivity index (χ2n) is 5.71. The van der Waals surface area contributed by atoms with Crippen LogP contribution in [-0.4, -0.2) is 28.9 Å². The Balaban J connectivity index is 1.57. The molecule has 116 valence electrons. The molecule has 22 heavy (non-hydrogen) atoms. The third-order valence-electron chi connectivity index (χ3n) is 4.30. The van der Waals surface area contributed by atoms with Gasteiger partial charge in [-0.2, -0.15) is 0 Å². The predicted octanol–water partition coefficient (Wildman–Crippen LogP) is 3.54. The second kappa shape index (κ2) is 6.57. The zero-order valence-corrected chi connectivity index (χ0v) is 13.4. The lowest BCUT2D eigenvalue weighted by molar-refractivity contribution is -0.130. The van der Waals surface area contributed by atoms with Crippen LogP contribution in [0.2, 0.25) is 0 Å². The van der Waals surface area contributed by atoms with E-state index in [2.05, 4.69) is 4.98 Å². The summed E-state index contributed by atoms with van der Waals surface area (Å²) in [6.45, 7) is 3.32. The van der Waals surface area contributed by atoms with Crippen LogP contribution < -0.4 is 0 Å². The van der Waals surface area contributed by atoms with Gasteiger partial charge in [0.1, 0.15) is 5.82 Å². The molecule has 0 N–H and O–H groups in total. The summed E-state index contributed by atoms with van der Waals surface area (Å²) in [6.07, 6.45) is 2.09. The maximum Gasteiger partial charge on any atom is 0.222 e. The normalized spacial score (nSPS) is 17.9. The Hall–Kier alpha value is -1.75. The average Bonchev–Trinajstić information content (AvgIpc) is 3.14. The van der Waals surface area contributed by atoms with Gasteiger partial charge in [0, 0.05) is 30.3 Å². The van der Waals surface area contributed by atoms with Gasteiger partial charge in [0.2, 0.25) is 5.91 Å². The molecule has 3 nitrogen and oxygen atoms in total. The van der Waals surface area contributed by atoms with Crippen LogP contribution in [0.5, 0.6) is 0 Å². The predicted molar refractivity (Wildman–Crippen MR) is 85.5 cm³/mol. The molecule has 1 aromatic heterocycles. The van der Waals surface area contributed by atoms with Crippen molar-refractivity contribution >= 4 is 17.2 Å². The molecule has 0 spiro atoms. The van der Waals surface area contributed by atoms with E-state index in [0.29, 0.717) is 13.0 Å². The lowest BCUT2D eigenvalue weighted by atomic mass is 9.98. The number of carbonyl (C=O) groups is 1. The maximum absolute atomic E-state index is 13.8. The zero-order valence-electron chi connectivity index (χ0n) is 12.6. The lowest BCUT2D eigenvalue weighted by Crippen LogP contribution is -2.28. The van der Waals surface area contributed by atoms with E-state index in [1.165, 1.54) is 10.9 Å². The van der Waals surface area contributed by atoms with Crippen molar-refractivity contribution in [1.82, 2.24) is 9.88 Å². The average molecular weight is 318 g/mol. The van der Waals surface area contributed by atoms with Crippen molar-refractivity contribution in [2.24, 2.45) is 0 Å². The number of likely N-dealkylation sites (tertiary alicyclic amines) is 1. The first-order valence-corrected chi connectivity index (χ1v) is 8.44. The summed E-state index contributed by atoms with van der Waals surface area (Å²) >= 11 is 1.60. The van der Waals surface area contributed by atoms with Crippen LogP contribution in [-0.2, 0) is 11.2 Å². The highest BCUT2D eigenvalue weighted by Gasteiger charge is 2.28. The highest BCUT2D eigenvalue weighted by atomic mass is 32.1. The molecule has 0 unspecified atom stereocenters. The number of hydrogen-bond donors (Lipinski definition) is 0. The number of halogens is 1. The second-order valence-corrected chi connectivity index (χ2v) is 6.65. The first-order chi connectivity index (χ1) is 10.6. The van der Waals surface area contributed by atoms with Crippen molar-refractivity contribution in [3.05, 3.63) is 51.7 Å². The first kappa shape index (κ1) is 15.2. The van der Waals surface area contributed by atoms with Gasteiger partial charge in [-0.25, -0.2) is 9.37 Å². The van der Waals surface area contributed by atoms with E-state index in [1.54, 1.807) is 17.4 Å². The summed E-state index contributed by atoms with van der Waals surface area (Å²) in [5.74, 6) is 0.115. The number of aryl methyl sites for hydroxylation is 2. The van der Waals surface area contributed by atoms with Crippen molar-refractivity contribution in [2.45, 2.75) is 32.1 Å². The van der Waals surface area contributed by atoms with Gasteiger partial charge in [0.25, 0.3) is 0 Å². The Morgan fingerprint density at radius 3 is 3.00 bits per heavy atom. The molecule has 0 bridgehead atoms. The molecule has 0 aliphatic carbocycles. The molecule has 2 aromatic rings. The SMILES string of the molecule is Cc1ncsc1CCC(=O)N1CC[C@@H](c2ccccc2F)C1. The fraction of sp³-hybridized carbons (Fsp3) is 0.412. The van der Waals surface area contributed by atoms with Gasteiger partial charge in [-0.3, -0.25) is 4.79 Å². The van der Waals surface area contributed by atoms with Crippen LogP contribution in [0, 0.1) is 12.7 Å². The third kappa shape index (κ3) is 3.19. The number of hydrogen-bond acceptors (Lipinski definition) is 3. The Kier molecular flexibility index (Phi) is 4.52. The highest BCUT2D eigenvalue weighted by molar-refractivity contribution is 7.09. The molecule has 1 amide bonds. The summed E-state index contributed by atoms with van der Waals surface area (Å²) in [7, 11) is 0. The largest absolute Gasteiger partial charge is 0.342 e. The molecule has 2 heterocycles. The number of nitrogens with zero attached hydrogens (tertiary/aromatic N) is 2. The van der Waals surface area contributed by atoms with Crippen molar-refractivity contribution in [2.75, 3.05) is 13.1 Å². The molecular weight excluding hydrogens is 299 g/mol. The van der Waals surface area contributed by atoms with Crippen molar-refractivity contribution in [1.29, 1.82) is 0 Å². The van der Waals surface area contributed by atoms with Crippen molar-refractivity contribution < 1.29 is 9.18 Å². The minimum absolute atomic E-state index is 0.121. The van der Waals surface area contributed by atoms with E-state index in [4.69, 9.17) is 0 Å². The number of thiazole rings is 1. The summed E-state index contributed by atoms with van der Waals surface area (Å²) < 4.78 is 13.8. The molecule has 1 atom stereocenters. The molecule has 5 heteroatoms. The molecule has 1 aromatic carbocycles. The van der Waals surface area contributed by atoms with Crippen LogP contribution >= 0.6 is 11.3 Å². The lowest BCUT2D eigenvalue weighted by Gasteiger charge is -2.17. The van der Waals surface area contributed by atoms with Crippen LogP contribution in [0.4, 0.5) is 4.39 Å². The molecule has 3 rings (SSSR count). The number of rotatable bonds is 4. The minimum atomic E-state index is -0.165. The van der Waals surface area contributed by atoms with Gasteiger partial charge < -0.3 is 4.90 Å². The van der Waals surface area contributed by atoms with Crippen molar-refractivity contribution in [3.63, 3.8) is 0 Å². The number of carbonyl (C=O) groups excluding carboxylic acids is 1. The Bertz CT molecular complexity index is 670. The third-order valence-corrected chi connectivity index (χ3v) is 5.29. The zero-order chi connectivity index (χ0) is 15.5. The molecule has 1 fully saturated rings. The van der Waals surface area contributed by atoms with Crippen molar-refractivity contribution in [3.8, 4) is 0 Å². The summed E-state index contributed by atoms with van der Waals surface area (Å²) in [6, 6.07) is 6.88. The van der Waals surface area contributed by atoms with Crippen LogP contribution in [0.1, 0.15) is 34.9 Å². The molecule has 1 aliphatic heterocycles. The monoisotopic (exact) mass is 318 g/mol. The number of aromatic nitrogens is 1. The number of benzene rings is 1. The molecule has 0 saturated carbocycles. The van der Waals surface area contributed by atoms with Gasteiger partial charge in [0.05, 0.1) is 11.2 Å². The quantitative estimate of drug-likeness (QED) is 0.864. The van der Waals surface area contributed by atoms with Gasteiger partial charge in [-0.15, -0.1) is 11.3 Å². The van der Waals surface area contributed by atoms with Crippen LogP contribution in [0.15, 0.2) is 29.8 Å². The number of amides is 1.